The fourth-order valence-corrected chi connectivity index (χ4v) is 14.5. The normalized spacial score (nSPS) is 43.4. The molecule has 10 atom stereocenters. The summed E-state index contributed by atoms with van der Waals surface area (Å²) in [6.45, 7) is 4.74. The molecule has 3 saturated carbocycles. The quantitative estimate of drug-likeness (QED) is 0.265. The molecule has 0 amide bonds. The largest absolute Gasteiger partial charge is 0.393 e. The number of thioether (sulfide) groups is 1. The first-order valence-corrected chi connectivity index (χ1v) is 19.3. The van der Waals surface area contributed by atoms with Crippen LogP contribution < -0.4 is 0 Å². The zero-order valence-electron chi connectivity index (χ0n) is 27.2. The molecule has 7 aliphatic rings. The van der Waals surface area contributed by atoms with Crippen molar-refractivity contribution >= 4 is 45.7 Å². The van der Waals surface area contributed by atoms with Crippen LogP contribution in [0.4, 0.5) is 0 Å². The predicted octanol–water partition coefficient (Wildman–Crippen LogP) is 8.55. The molecule has 0 bridgehead atoms. The molecule has 2 spiro atoms. The number of nitrogens with zero attached hydrogens (tertiary/aromatic N) is 1. The van der Waals surface area contributed by atoms with Crippen LogP contribution in [0.3, 0.4) is 0 Å². The van der Waals surface area contributed by atoms with Gasteiger partial charge >= 0.3 is 0 Å². The third-order valence-electron chi connectivity index (χ3n) is 14.9. The summed E-state index contributed by atoms with van der Waals surface area (Å²) in [5, 5.41) is 13.4. The molecule has 0 aromatic heterocycles. The molecule has 5 fully saturated rings. The maximum absolute atomic E-state index is 16.2. The van der Waals surface area contributed by atoms with E-state index in [1.807, 2.05) is 36.0 Å². The number of hydrogen-bond donors (Lipinski definition) is 1. The lowest BCUT2D eigenvalue weighted by atomic mass is 9.48. The molecule has 47 heavy (non-hydrogen) atoms. The minimum Gasteiger partial charge on any atom is -0.393 e. The van der Waals surface area contributed by atoms with E-state index >= 15 is 9.59 Å². The van der Waals surface area contributed by atoms with Crippen molar-refractivity contribution < 1.29 is 14.7 Å². The monoisotopic (exact) mass is 663 g/mol. The summed E-state index contributed by atoms with van der Waals surface area (Å²) in [6.07, 6.45) is 8.50. The smallest absolute Gasteiger partial charge is 0.189 e. The first-order chi connectivity index (χ1) is 22.7. The van der Waals surface area contributed by atoms with Gasteiger partial charge in [-0.1, -0.05) is 85.6 Å². The first-order valence-electron chi connectivity index (χ1n) is 17.8. The fraction of sp³-hybridized carbons (Fsp3) is 0.512. The van der Waals surface area contributed by atoms with Gasteiger partial charge in [-0.15, -0.1) is 11.8 Å². The molecule has 2 heterocycles. The lowest BCUT2D eigenvalue weighted by Gasteiger charge is -2.56. The van der Waals surface area contributed by atoms with Crippen LogP contribution >= 0.6 is 23.4 Å². The molecular formula is C41H42ClNO3S. The number of aliphatic hydroxyl groups excluding tert-OH is 1. The highest BCUT2D eigenvalue weighted by molar-refractivity contribution is 7.99. The van der Waals surface area contributed by atoms with E-state index in [1.165, 1.54) is 5.57 Å². The summed E-state index contributed by atoms with van der Waals surface area (Å²) in [6, 6.07) is 20.9. The second kappa shape index (κ2) is 9.62. The van der Waals surface area contributed by atoms with Gasteiger partial charge in [0.2, 0.25) is 0 Å². The van der Waals surface area contributed by atoms with Crippen molar-refractivity contribution in [1.29, 1.82) is 0 Å². The number of aliphatic hydroxyl groups is 1. The molecule has 2 aliphatic heterocycles. The van der Waals surface area contributed by atoms with E-state index in [2.05, 4.69) is 61.2 Å². The molecule has 6 heteroatoms. The zero-order valence-corrected chi connectivity index (χ0v) is 28.7. The number of ketones is 2. The van der Waals surface area contributed by atoms with Gasteiger partial charge in [0, 0.05) is 39.6 Å². The zero-order chi connectivity index (χ0) is 32.1. The number of fused-ring (bicyclic) bond motifs is 9. The van der Waals surface area contributed by atoms with Crippen LogP contribution in [0.25, 0.3) is 10.8 Å². The summed E-state index contributed by atoms with van der Waals surface area (Å²) in [4.78, 5) is 34.3. The van der Waals surface area contributed by atoms with Crippen LogP contribution in [0, 0.1) is 34.0 Å². The number of hydrogen-bond acceptors (Lipinski definition) is 5. The maximum atomic E-state index is 16.2. The van der Waals surface area contributed by atoms with E-state index in [-0.39, 0.29) is 35.2 Å². The summed E-state index contributed by atoms with van der Waals surface area (Å²) in [5.74, 6) is 3.12. The molecule has 0 radical (unpaired) electrons. The van der Waals surface area contributed by atoms with Gasteiger partial charge in [0.25, 0.3) is 0 Å². The second-order valence-corrected chi connectivity index (χ2v) is 17.9. The molecule has 4 nitrogen and oxygen atoms in total. The van der Waals surface area contributed by atoms with Crippen molar-refractivity contribution in [2.75, 3.05) is 11.6 Å². The van der Waals surface area contributed by atoms with Gasteiger partial charge in [0.15, 0.2) is 5.78 Å². The van der Waals surface area contributed by atoms with Crippen molar-refractivity contribution in [3.63, 3.8) is 0 Å². The predicted molar refractivity (Wildman–Crippen MR) is 188 cm³/mol. The van der Waals surface area contributed by atoms with Crippen LogP contribution in [0.1, 0.15) is 86.2 Å². The van der Waals surface area contributed by atoms with Crippen LogP contribution in [0.2, 0.25) is 5.02 Å². The third kappa shape index (κ3) is 3.32. The number of carbonyl (C=O) groups excluding carboxylic acids is 2. The molecule has 2 saturated heterocycles. The van der Waals surface area contributed by atoms with E-state index in [4.69, 9.17) is 11.6 Å². The van der Waals surface area contributed by atoms with Crippen LogP contribution in [-0.2, 0) is 10.3 Å². The lowest BCUT2D eigenvalue weighted by Crippen LogP contribution is -2.58. The molecule has 0 unspecified atom stereocenters. The van der Waals surface area contributed by atoms with Crippen molar-refractivity contribution in [2.24, 2.45) is 34.0 Å². The standard InChI is InChI=1S/C41H42ClNO3S/c1-38-17-15-27(44)19-25(38)11-14-28-30(38)16-18-39(2)32(28)20-40(37(39)46)35(24-9-12-26(42)13-10-24)33-21-47-22-43(33)41(40)31-8-4-6-23-5-3-7-29(34(23)31)36(41)45/h3-13,27-28,30,32-33,35,44H,14-22H2,1-2H3/t27-,28+,30-,32-,33-,35-,38-,39-,40-,41-/m0/s1. The van der Waals surface area contributed by atoms with Gasteiger partial charge in [0.1, 0.15) is 11.3 Å². The van der Waals surface area contributed by atoms with Crippen LogP contribution in [0.15, 0.2) is 72.3 Å². The molecule has 3 aromatic rings. The van der Waals surface area contributed by atoms with Crippen molar-refractivity contribution in [1.82, 2.24) is 4.90 Å². The van der Waals surface area contributed by atoms with Gasteiger partial charge in [-0.3, -0.25) is 14.5 Å². The summed E-state index contributed by atoms with van der Waals surface area (Å²) < 4.78 is 0. The van der Waals surface area contributed by atoms with Crippen molar-refractivity contribution in [3.05, 3.63) is 94.0 Å². The Balaban J connectivity index is 1.23. The Morgan fingerprint density at radius 2 is 1.70 bits per heavy atom. The van der Waals surface area contributed by atoms with Crippen LogP contribution in [0.5, 0.6) is 0 Å². The molecule has 10 rings (SSSR count). The number of benzene rings is 3. The van der Waals surface area contributed by atoms with E-state index in [9.17, 15) is 5.11 Å². The average molecular weight is 664 g/mol. The Hall–Kier alpha value is -2.44. The number of rotatable bonds is 1. The Morgan fingerprint density at radius 1 is 0.936 bits per heavy atom. The highest BCUT2D eigenvalue weighted by atomic mass is 35.5. The Bertz CT molecular complexity index is 1920. The van der Waals surface area contributed by atoms with Gasteiger partial charge in [-0.25, -0.2) is 0 Å². The Labute approximate surface area is 286 Å². The Kier molecular flexibility index (Phi) is 6.03. The maximum Gasteiger partial charge on any atom is 0.189 e. The molecule has 5 aliphatic carbocycles. The summed E-state index contributed by atoms with van der Waals surface area (Å²) >= 11 is 8.39. The molecule has 3 aromatic carbocycles. The fourth-order valence-electron chi connectivity index (χ4n) is 13.1. The SMILES string of the molecule is C[C@]12CC[C@H](O)CC1=CC[C@@H]1[C@@H]2CC[C@]2(C)C(=O)[C@]3(C[C@@H]12)[C@@H](c1ccc(Cl)cc1)[C@@H]1CSCN1[C@@]31C(=O)c2cccc3cccc1c23. The van der Waals surface area contributed by atoms with E-state index in [1.54, 1.807) is 0 Å². The Morgan fingerprint density at radius 3 is 2.51 bits per heavy atom. The first kappa shape index (κ1) is 29.5. The summed E-state index contributed by atoms with van der Waals surface area (Å²) in [7, 11) is 0. The number of halogens is 1. The second-order valence-electron chi connectivity index (χ2n) is 16.4. The summed E-state index contributed by atoms with van der Waals surface area (Å²) in [5.41, 5.74) is 2.10. The molecule has 242 valence electrons. The van der Waals surface area contributed by atoms with Crippen LogP contribution in [-0.4, -0.2) is 45.3 Å². The van der Waals surface area contributed by atoms with Gasteiger partial charge in [-0.2, -0.15) is 0 Å². The highest BCUT2D eigenvalue weighted by Gasteiger charge is 2.82. The number of allylic oxidation sites excluding steroid dienone is 1. The topological polar surface area (TPSA) is 57.6 Å². The van der Waals surface area contributed by atoms with Gasteiger partial charge in [0.05, 0.1) is 11.5 Å². The minimum atomic E-state index is -1.03. The highest BCUT2D eigenvalue weighted by Crippen LogP contribution is 2.77. The van der Waals surface area contributed by atoms with Crippen molar-refractivity contribution in [3.8, 4) is 0 Å². The minimum absolute atomic E-state index is 0.0763. The van der Waals surface area contributed by atoms with Gasteiger partial charge in [-0.05, 0) is 102 Å². The van der Waals surface area contributed by atoms with Gasteiger partial charge < -0.3 is 5.11 Å². The average Bonchev–Trinajstić information content (AvgIpc) is 3.77. The molecular weight excluding hydrogens is 622 g/mol. The number of Topliss-reactive ketones (excluding diaryl/α,β-unsaturated/α-hetero) is 2. The number of carbonyl (C=O) groups is 2. The van der Waals surface area contributed by atoms with Crippen molar-refractivity contribution in [2.45, 2.75) is 82.4 Å². The van der Waals surface area contributed by atoms with E-state index in [0.29, 0.717) is 22.6 Å². The lowest BCUT2D eigenvalue weighted by molar-refractivity contribution is -0.141. The molecule has 1 N–H and O–H groups in total. The van der Waals surface area contributed by atoms with E-state index < -0.39 is 16.4 Å². The third-order valence-corrected chi connectivity index (χ3v) is 16.2. The van der Waals surface area contributed by atoms with E-state index in [0.717, 1.165) is 84.0 Å².